The normalized spacial score (nSPS) is 10.7. The Morgan fingerprint density at radius 1 is 0.963 bits per heavy atom. The molecule has 3 heterocycles. The third-order valence-electron chi connectivity index (χ3n) is 4.21. The minimum Gasteiger partial charge on any atom is -0.381 e. The van der Waals surface area contributed by atoms with Crippen molar-refractivity contribution in [3.05, 3.63) is 59.8 Å². The van der Waals surface area contributed by atoms with Crippen molar-refractivity contribution in [2.45, 2.75) is 13.8 Å². The first-order chi connectivity index (χ1) is 13.1. The summed E-state index contributed by atoms with van der Waals surface area (Å²) in [7, 11) is 0. The third kappa shape index (κ3) is 2.93. The molecule has 0 saturated carbocycles. The minimum atomic E-state index is 0.0708. The second kappa shape index (κ2) is 6.42. The predicted octanol–water partition coefficient (Wildman–Crippen LogP) is 3.22. The summed E-state index contributed by atoms with van der Waals surface area (Å²) in [4.78, 5) is 22.2. The van der Waals surface area contributed by atoms with Crippen LogP contribution in [-0.4, -0.2) is 24.9 Å². The molecule has 0 atom stereocenters. The molecule has 4 rings (SSSR count). The van der Waals surface area contributed by atoms with E-state index in [2.05, 4.69) is 24.9 Å². The molecule has 0 spiro atoms. The lowest BCUT2D eigenvalue weighted by Gasteiger charge is -2.12. The van der Waals surface area contributed by atoms with Gasteiger partial charge >= 0.3 is 0 Å². The molecule has 7 heteroatoms. The molecule has 2 N–H and O–H groups in total. The molecule has 3 aromatic heterocycles. The monoisotopic (exact) mass is 353 g/mol. The highest BCUT2D eigenvalue weighted by Gasteiger charge is 2.19. The molecule has 0 aliphatic heterocycles. The van der Waals surface area contributed by atoms with E-state index in [9.17, 15) is 5.26 Å². The lowest BCUT2D eigenvalue weighted by Crippen LogP contribution is -2.06. The van der Waals surface area contributed by atoms with Crippen LogP contribution in [0.4, 0.5) is 5.82 Å². The molecule has 7 nitrogen and oxygen atoms in total. The number of benzene rings is 1. The summed E-state index contributed by atoms with van der Waals surface area (Å²) in [5.74, 6) is 0.0708. The number of aryl methyl sites for hydroxylation is 2. The summed E-state index contributed by atoms with van der Waals surface area (Å²) in [6.45, 7) is 3.71. The Kier molecular flexibility index (Phi) is 3.94. The number of hydrogen-bond donors (Lipinski definition) is 1. The molecule has 27 heavy (non-hydrogen) atoms. The average molecular weight is 353 g/mol. The van der Waals surface area contributed by atoms with Gasteiger partial charge in [-0.1, -0.05) is 12.1 Å². The van der Waals surface area contributed by atoms with Crippen molar-refractivity contribution in [2.75, 3.05) is 5.73 Å². The second-order valence-corrected chi connectivity index (χ2v) is 6.12. The Labute approximate surface area is 155 Å². The van der Waals surface area contributed by atoms with Gasteiger partial charge in [0.1, 0.15) is 17.5 Å². The van der Waals surface area contributed by atoms with E-state index in [0.717, 1.165) is 22.2 Å². The van der Waals surface area contributed by atoms with Crippen molar-refractivity contribution in [1.82, 2.24) is 24.9 Å². The zero-order chi connectivity index (χ0) is 19.0. The largest absolute Gasteiger partial charge is 0.381 e. The fraction of sp³-hybridized carbons (Fsp3) is 0.100. The average Bonchev–Trinajstić information content (AvgIpc) is 2.69. The summed E-state index contributed by atoms with van der Waals surface area (Å²) < 4.78 is 0. The molecule has 0 unspecified atom stereocenters. The molecule has 0 aliphatic rings. The maximum atomic E-state index is 9.35. The zero-order valence-corrected chi connectivity index (χ0v) is 14.8. The fourth-order valence-electron chi connectivity index (χ4n) is 2.88. The van der Waals surface area contributed by atoms with Crippen molar-refractivity contribution >= 4 is 16.7 Å². The van der Waals surface area contributed by atoms with E-state index < -0.39 is 0 Å². The molecule has 1 aromatic carbocycles. The number of nitrogens with zero attached hydrogens (tertiary/aromatic N) is 6. The van der Waals surface area contributed by atoms with Gasteiger partial charge in [0, 0.05) is 23.3 Å². The predicted molar refractivity (Wildman–Crippen MR) is 102 cm³/mol. The van der Waals surface area contributed by atoms with Crippen molar-refractivity contribution < 1.29 is 0 Å². The molecule has 0 fully saturated rings. The molecular formula is C20H15N7. The number of aromatic nitrogens is 5. The van der Waals surface area contributed by atoms with Crippen LogP contribution in [0.1, 0.15) is 17.1 Å². The van der Waals surface area contributed by atoms with Crippen LogP contribution in [0, 0.1) is 25.2 Å². The van der Waals surface area contributed by atoms with Gasteiger partial charge in [0.05, 0.1) is 22.6 Å². The van der Waals surface area contributed by atoms with Crippen LogP contribution in [0.2, 0.25) is 0 Å². The number of anilines is 1. The first kappa shape index (κ1) is 16.5. The van der Waals surface area contributed by atoms with Crippen molar-refractivity contribution in [3.8, 4) is 28.7 Å². The highest BCUT2D eigenvalue weighted by Crippen LogP contribution is 2.32. The van der Waals surface area contributed by atoms with Crippen molar-refractivity contribution in [1.29, 1.82) is 5.26 Å². The minimum absolute atomic E-state index is 0.0708. The van der Waals surface area contributed by atoms with Crippen molar-refractivity contribution in [3.63, 3.8) is 0 Å². The molecule has 0 amide bonds. The number of hydrogen-bond acceptors (Lipinski definition) is 7. The van der Waals surface area contributed by atoms with Crippen LogP contribution in [0.25, 0.3) is 33.5 Å². The van der Waals surface area contributed by atoms with E-state index in [-0.39, 0.29) is 11.5 Å². The molecular weight excluding hydrogens is 338 g/mol. The molecule has 130 valence electrons. The maximum Gasteiger partial charge on any atom is 0.183 e. The topological polar surface area (TPSA) is 114 Å². The van der Waals surface area contributed by atoms with Gasteiger partial charge in [0.25, 0.3) is 0 Å². The van der Waals surface area contributed by atoms with Gasteiger partial charge in [-0.15, -0.1) is 0 Å². The van der Waals surface area contributed by atoms with Gasteiger partial charge in [-0.05, 0) is 32.0 Å². The van der Waals surface area contributed by atoms with Gasteiger partial charge in [0.2, 0.25) is 0 Å². The van der Waals surface area contributed by atoms with E-state index in [0.29, 0.717) is 22.8 Å². The van der Waals surface area contributed by atoms with Gasteiger partial charge in [-0.25, -0.2) is 15.0 Å². The van der Waals surface area contributed by atoms with E-state index in [1.807, 2.05) is 50.2 Å². The Bertz CT molecular complexity index is 1220. The molecule has 0 aliphatic carbocycles. The number of nitriles is 1. The standard InChI is InChI=1S/C20H15N7/c1-11-10-24-12(2)17(25-11)19-18(26-16(9-21)20(22)27-19)14-5-6-15-13(8-14)4-3-7-23-15/h3-8,10H,1-2H3,(H2,22,27). The summed E-state index contributed by atoms with van der Waals surface area (Å²) in [5.41, 5.74) is 10.8. The van der Waals surface area contributed by atoms with E-state index in [4.69, 9.17) is 5.73 Å². The highest BCUT2D eigenvalue weighted by atomic mass is 15.0. The number of fused-ring (bicyclic) bond motifs is 1. The van der Waals surface area contributed by atoms with Gasteiger partial charge in [0.15, 0.2) is 11.5 Å². The van der Waals surface area contributed by atoms with E-state index >= 15 is 0 Å². The summed E-state index contributed by atoms with van der Waals surface area (Å²) in [5, 5.41) is 10.3. The number of pyridine rings is 1. The Morgan fingerprint density at radius 2 is 1.81 bits per heavy atom. The van der Waals surface area contributed by atoms with Gasteiger partial charge in [-0.3, -0.25) is 9.97 Å². The lowest BCUT2D eigenvalue weighted by atomic mass is 10.0. The van der Waals surface area contributed by atoms with Crippen LogP contribution in [0.5, 0.6) is 0 Å². The quantitative estimate of drug-likeness (QED) is 0.588. The van der Waals surface area contributed by atoms with Crippen LogP contribution in [-0.2, 0) is 0 Å². The van der Waals surface area contributed by atoms with Crippen LogP contribution in [0.15, 0.2) is 42.7 Å². The maximum absolute atomic E-state index is 9.35. The second-order valence-electron chi connectivity index (χ2n) is 6.12. The number of rotatable bonds is 2. The lowest BCUT2D eigenvalue weighted by molar-refractivity contribution is 1.05. The SMILES string of the molecule is Cc1cnc(C)c(-c2nc(N)c(C#N)nc2-c2ccc3ncccc3c2)n1. The first-order valence-electron chi connectivity index (χ1n) is 8.30. The first-order valence-corrected chi connectivity index (χ1v) is 8.30. The van der Waals surface area contributed by atoms with Crippen LogP contribution < -0.4 is 5.73 Å². The van der Waals surface area contributed by atoms with Gasteiger partial charge < -0.3 is 5.73 Å². The molecule has 0 bridgehead atoms. The molecule has 0 saturated heterocycles. The summed E-state index contributed by atoms with van der Waals surface area (Å²) >= 11 is 0. The smallest absolute Gasteiger partial charge is 0.183 e. The molecule has 4 aromatic rings. The van der Waals surface area contributed by atoms with Gasteiger partial charge in [-0.2, -0.15) is 5.26 Å². The third-order valence-corrected chi connectivity index (χ3v) is 4.21. The Balaban J connectivity index is 2.03. The van der Waals surface area contributed by atoms with Crippen LogP contribution in [0.3, 0.4) is 0 Å². The zero-order valence-electron chi connectivity index (χ0n) is 14.8. The van der Waals surface area contributed by atoms with E-state index in [1.165, 1.54) is 0 Å². The summed E-state index contributed by atoms with van der Waals surface area (Å²) in [6, 6.07) is 11.6. The van der Waals surface area contributed by atoms with Crippen molar-refractivity contribution in [2.24, 2.45) is 0 Å². The molecule has 0 radical (unpaired) electrons. The fourth-order valence-corrected chi connectivity index (χ4v) is 2.88. The summed E-state index contributed by atoms with van der Waals surface area (Å²) in [6.07, 6.45) is 3.44. The number of nitrogen functional groups attached to an aromatic ring is 1. The highest BCUT2D eigenvalue weighted by molar-refractivity contribution is 5.87. The number of nitrogens with two attached hydrogens (primary N) is 1. The Hall–Kier alpha value is -3.92. The Morgan fingerprint density at radius 3 is 2.63 bits per heavy atom. The van der Waals surface area contributed by atoms with E-state index in [1.54, 1.807) is 12.4 Å². The van der Waals surface area contributed by atoms with Crippen LogP contribution >= 0.6 is 0 Å².